The van der Waals surface area contributed by atoms with E-state index in [0.29, 0.717) is 66.1 Å². The molecule has 1 aromatic rings. The molecule has 0 unspecified atom stereocenters. The van der Waals surface area contributed by atoms with Crippen molar-refractivity contribution in [1.82, 2.24) is 0 Å². The molecule has 0 radical (unpaired) electrons. The molecule has 0 aliphatic heterocycles. The molecule has 1 aromatic carbocycles. The number of methoxy groups -OCH3 is 2. The molecule has 0 atom stereocenters. The molecule has 1 rings (SSSR count). The summed E-state index contributed by atoms with van der Waals surface area (Å²) in [6.07, 6.45) is 0. The SMILES string of the molecule is COCCOCCOCc1cccc(COCCOCCOC)c1. The Balaban J connectivity index is 2.08. The summed E-state index contributed by atoms with van der Waals surface area (Å²) < 4.78 is 31.7. The van der Waals surface area contributed by atoms with E-state index < -0.39 is 0 Å². The van der Waals surface area contributed by atoms with Gasteiger partial charge in [-0.3, -0.25) is 0 Å². The molecule has 0 bridgehead atoms. The van der Waals surface area contributed by atoms with Crippen molar-refractivity contribution in [3.63, 3.8) is 0 Å². The van der Waals surface area contributed by atoms with Crippen LogP contribution in [-0.4, -0.2) is 67.1 Å². The molecule has 0 amide bonds. The topological polar surface area (TPSA) is 55.4 Å². The predicted octanol–water partition coefficient (Wildman–Crippen LogP) is 2.05. The maximum absolute atomic E-state index is 5.60. The molecule has 0 aromatic heterocycles. The Labute approximate surface area is 144 Å². The van der Waals surface area contributed by atoms with Gasteiger partial charge in [-0.1, -0.05) is 24.3 Å². The van der Waals surface area contributed by atoms with Gasteiger partial charge in [-0.25, -0.2) is 0 Å². The fraction of sp³-hybridized carbons (Fsp3) is 0.667. The average Bonchev–Trinajstić information content (AvgIpc) is 2.60. The number of benzene rings is 1. The Morgan fingerprint density at radius 3 is 1.46 bits per heavy atom. The highest BCUT2D eigenvalue weighted by Crippen LogP contribution is 2.08. The lowest BCUT2D eigenvalue weighted by molar-refractivity contribution is 0.0188. The third-order valence-electron chi connectivity index (χ3n) is 3.14. The highest BCUT2D eigenvalue weighted by atomic mass is 16.5. The van der Waals surface area contributed by atoms with Crippen LogP contribution in [0.4, 0.5) is 0 Å². The van der Waals surface area contributed by atoms with Gasteiger partial charge in [0, 0.05) is 14.2 Å². The zero-order chi connectivity index (χ0) is 17.3. The molecule has 138 valence electrons. The lowest BCUT2D eigenvalue weighted by atomic mass is 10.1. The van der Waals surface area contributed by atoms with Crippen molar-refractivity contribution in [3.8, 4) is 0 Å². The Morgan fingerprint density at radius 2 is 1.00 bits per heavy atom. The molecule has 0 fully saturated rings. The van der Waals surface area contributed by atoms with Crippen molar-refractivity contribution >= 4 is 0 Å². The third-order valence-corrected chi connectivity index (χ3v) is 3.14. The molecule has 0 spiro atoms. The first-order chi connectivity index (χ1) is 11.9. The van der Waals surface area contributed by atoms with Crippen LogP contribution in [0.1, 0.15) is 11.1 Å². The largest absolute Gasteiger partial charge is 0.382 e. The Kier molecular flexibility index (Phi) is 13.6. The summed E-state index contributed by atoms with van der Waals surface area (Å²) >= 11 is 0. The maximum Gasteiger partial charge on any atom is 0.0718 e. The number of hydrogen-bond acceptors (Lipinski definition) is 6. The van der Waals surface area contributed by atoms with Crippen molar-refractivity contribution in [2.24, 2.45) is 0 Å². The molecular formula is C18H30O6. The van der Waals surface area contributed by atoms with Gasteiger partial charge in [0.25, 0.3) is 0 Å². The molecule has 0 saturated carbocycles. The molecule has 0 N–H and O–H groups in total. The minimum atomic E-state index is 0.571. The first-order valence-corrected chi connectivity index (χ1v) is 8.23. The van der Waals surface area contributed by atoms with Crippen molar-refractivity contribution in [2.45, 2.75) is 13.2 Å². The molecule has 0 heterocycles. The van der Waals surface area contributed by atoms with Crippen LogP contribution < -0.4 is 0 Å². The van der Waals surface area contributed by atoms with Crippen LogP contribution in [0.5, 0.6) is 0 Å². The fourth-order valence-corrected chi connectivity index (χ4v) is 1.91. The highest BCUT2D eigenvalue weighted by Gasteiger charge is 1.98. The first kappa shape index (κ1) is 21.0. The Hall–Kier alpha value is -1.02. The van der Waals surface area contributed by atoms with E-state index in [4.69, 9.17) is 28.4 Å². The summed E-state index contributed by atoms with van der Waals surface area (Å²) in [5.41, 5.74) is 2.26. The van der Waals surface area contributed by atoms with Gasteiger partial charge in [0.05, 0.1) is 66.1 Å². The van der Waals surface area contributed by atoms with Crippen molar-refractivity contribution in [2.75, 3.05) is 67.1 Å². The summed E-state index contributed by atoms with van der Waals surface area (Å²) in [4.78, 5) is 0. The van der Waals surface area contributed by atoms with Gasteiger partial charge in [-0.15, -0.1) is 0 Å². The van der Waals surface area contributed by atoms with E-state index in [2.05, 4.69) is 6.07 Å². The van der Waals surface area contributed by atoms with Gasteiger partial charge < -0.3 is 28.4 Å². The standard InChI is InChI=1S/C18H30O6/c1-19-6-8-21-10-12-23-15-17-4-3-5-18(14-17)16-24-13-11-22-9-7-20-2/h3-5,14H,6-13,15-16H2,1-2H3. The van der Waals surface area contributed by atoms with Crippen molar-refractivity contribution < 1.29 is 28.4 Å². The van der Waals surface area contributed by atoms with Gasteiger partial charge in [0.1, 0.15) is 0 Å². The molecule has 6 nitrogen and oxygen atoms in total. The minimum absolute atomic E-state index is 0.571. The van der Waals surface area contributed by atoms with E-state index in [-0.39, 0.29) is 0 Å². The normalized spacial score (nSPS) is 11.1. The van der Waals surface area contributed by atoms with Crippen LogP contribution in [0.15, 0.2) is 24.3 Å². The minimum Gasteiger partial charge on any atom is -0.382 e. The van der Waals surface area contributed by atoms with Crippen LogP contribution in [0.3, 0.4) is 0 Å². The van der Waals surface area contributed by atoms with Crippen LogP contribution >= 0.6 is 0 Å². The van der Waals surface area contributed by atoms with Gasteiger partial charge >= 0.3 is 0 Å². The molecule has 6 heteroatoms. The zero-order valence-corrected chi connectivity index (χ0v) is 14.8. The second-order valence-corrected chi connectivity index (χ2v) is 5.14. The van der Waals surface area contributed by atoms with E-state index in [1.54, 1.807) is 14.2 Å². The smallest absolute Gasteiger partial charge is 0.0718 e. The van der Waals surface area contributed by atoms with Gasteiger partial charge in [-0.05, 0) is 11.1 Å². The average molecular weight is 342 g/mol. The molecule has 0 aliphatic carbocycles. The lowest BCUT2D eigenvalue weighted by Crippen LogP contribution is -2.09. The second-order valence-electron chi connectivity index (χ2n) is 5.14. The van der Waals surface area contributed by atoms with Crippen molar-refractivity contribution in [1.29, 1.82) is 0 Å². The highest BCUT2D eigenvalue weighted by molar-refractivity contribution is 5.22. The molecular weight excluding hydrogens is 312 g/mol. The third kappa shape index (κ3) is 11.5. The number of hydrogen-bond donors (Lipinski definition) is 0. The first-order valence-electron chi connectivity index (χ1n) is 8.23. The number of ether oxygens (including phenoxy) is 6. The summed E-state index contributed by atoms with van der Waals surface area (Å²) in [7, 11) is 3.32. The fourth-order valence-electron chi connectivity index (χ4n) is 1.91. The summed E-state index contributed by atoms with van der Waals surface area (Å²) in [6, 6.07) is 8.20. The summed E-state index contributed by atoms with van der Waals surface area (Å²) in [6.45, 7) is 5.86. The Bertz CT molecular complexity index is 366. The Morgan fingerprint density at radius 1 is 0.583 bits per heavy atom. The number of rotatable bonds is 16. The maximum atomic E-state index is 5.60. The van der Waals surface area contributed by atoms with Gasteiger partial charge in [0.15, 0.2) is 0 Å². The van der Waals surface area contributed by atoms with Gasteiger partial charge in [-0.2, -0.15) is 0 Å². The van der Waals surface area contributed by atoms with E-state index in [0.717, 1.165) is 11.1 Å². The molecule has 0 aliphatic rings. The van der Waals surface area contributed by atoms with Crippen LogP contribution in [0.25, 0.3) is 0 Å². The quantitative estimate of drug-likeness (QED) is 0.429. The monoisotopic (exact) mass is 342 g/mol. The lowest BCUT2D eigenvalue weighted by Gasteiger charge is -2.08. The van der Waals surface area contributed by atoms with E-state index in [9.17, 15) is 0 Å². The summed E-state index contributed by atoms with van der Waals surface area (Å²) in [5.74, 6) is 0. The van der Waals surface area contributed by atoms with E-state index >= 15 is 0 Å². The zero-order valence-electron chi connectivity index (χ0n) is 14.8. The van der Waals surface area contributed by atoms with Crippen LogP contribution in [0, 0.1) is 0 Å². The van der Waals surface area contributed by atoms with E-state index in [1.165, 1.54) is 0 Å². The van der Waals surface area contributed by atoms with Crippen LogP contribution in [-0.2, 0) is 41.6 Å². The van der Waals surface area contributed by atoms with Crippen LogP contribution in [0.2, 0.25) is 0 Å². The van der Waals surface area contributed by atoms with E-state index in [1.807, 2.05) is 18.2 Å². The molecule has 0 saturated heterocycles. The molecule has 24 heavy (non-hydrogen) atoms. The van der Waals surface area contributed by atoms with Crippen molar-refractivity contribution in [3.05, 3.63) is 35.4 Å². The second kappa shape index (κ2) is 15.5. The predicted molar refractivity (Wildman–Crippen MR) is 91.1 cm³/mol. The summed E-state index contributed by atoms with van der Waals surface area (Å²) in [5, 5.41) is 0. The van der Waals surface area contributed by atoms with Gasteiger partial charge in [0.2, 0.25) is 0 Å².